The Balaban J connectivity index is 1.81. The highest BCUT2D eigenvalue weighted by molar-refractivity contribution is 7.13. The average Bonchev–Trinajstić information content (AvgIpc) is 2.95. The van der Waals surface area contributed by atoms with Crippen molar-refractivity contribution in [2.75, 3.05) is 5.43 Å². The van der Waals surface area contributed by atoms with Crippen molar-refractivity contribution in [2.24, 2.45) is 5.10 Å². The molecule has 3 aromatic rings. The molecule has 0 spiro atoms. The fourth-order valence-corrected chi connectivity index (χ4v) is 2.68. The number of hydrazone groups is 1. The molecule has 3 rings (SSSR count). The molecule has 1 heterocycles. The van der Waals surface area contributed by atoms with Crippen LogP contribution in [0.2, 0.25) is 0 Å². The third kappa shape index (κ3) is 3.73. The van der Waals surface area contributed by atoms with Gasteiger partial charge in [-0.25, -0.2) is 9.37 Å². The molecule has 116 valence electrons. The van der Waals surface area contributed by atoms with Gasteiger partial charge in [0.25, 0.3) is 0 Å². The van der Waals surface area contributed by atoms with Crippen LogP contribution in [0.1, 0.15) is 11.3 Å². The van der Waals surface area contributed by atoms with Gasteiger partial charge in [0.2, 0.25) is 5.13 Å². The highest BCUT2D eigenvalue weighted by Gasteiger charge is 2.04. The summed E-state index contributed by atoms with van der Waals surface area (Å²) in [4.78, 5) is 4.23. The SMILES string of the molecule is Cc1csc(NN=Cc2cc(-c3ccc(F)cc3)ccc2O)n1. The van der Waals surface area contributed by atoms with Gasteiger partial charge in [-0.05, 0) is 42.3 Å². The van der Waals surface area contributed by atoms with Crippen LogP contribution >= 0.6 is 11.3 Å². The number of hydrogen-bond acceptors (Lipinski definition) is 5. The minimum absolute atomic E-state index is 0.122. The average molecular weight is 327 g/mol. The zero-order valence-corrected chi connectivity index (χ0v) is 13.1. The van der Waals surface area contributed by atoms with Crippen LogP contribution < -0.4 is 5.43 Å². The fraction of sp³-hybridized carbons (Fsp3) is 0.0588. The first kappa shape index (κ1) is 15.2. The van der Waals surface area contributed by atoms with E-state index in [1.807, 2.05) is 12.3 Å². The zero-order chi connectivity index (χ0) is 16.2. The maximum absolute atomic E-state index is 13.0. The van der Waals surface area contributed by atoms with E-state index >= 15 is 0 Å². The van der Waals surface area contributed by atoms with Crippen molar-refractivity contribution in [3.63, 3.8) is 0 Å². The van der Waals surface area contributed by atoms with E-state index in [9.17, 15) is 9.50 Å². The smallest absolute Gasteiger partial charge is 0.203 e. The van der Waals surface area contributed by atoms with E-state index in [1.165, 1.54) is 29.7 Å². The number of hydrogen-bond donors (Lipinski definition) is 2. The Morgan fingerprint density at radius 1 is 1.17 bits per heavy atom. The van der Waals surface area contributed by atoms with Gasteiger partial charge in [0.1, 0.15) is 11.6 Å². The van der Waals surface area contributed by atoms with Crippen LogP contribution in [0.15, 0.2) is 52.9 Å². The van der Waals surface area contributed by atoms with Gasteiger partial charge in [-0.3, -0.25) is 5.43 Å². The van der Waals surface area contributed by atoms with E-state index in [1.54, 1.807) is 30.3 Å². The van der Waals surface area contributed by atoms with Crippen LogP contribution in [0.5, 0.6) is 5.75 Å². The highest BCUT2D eigenvalue weighted by atomic mass is 32.1. The van der Waals surface area contributed by atoms with Gasteiger partial charge in [-0.2, -0.15) is 5.10 Å². The maximum Gasteiger partial charge on any atom is 0.203 e. The lowest BCUT2D eigenvalue weighted by Crippen LogP contribution is -1.91. The predicted molar refractivity (Wildman–Crippen MR) is 91.6 cm³/mol. The number of aryl methyl sites for hydroxylation is 1. The van der Waals surface area contributed by atoms with Crippen molar-refractivity contribution in [1.29, 1.82) is 0 Å². The Morgan fingerprint density at radius 3 is 2.61 bits per heavy atom. The third-order valence-electron chi connectivity index (χ3n) is 3.19. The number of thiazole rings is 1. The molecule has 0 atom stereocenters. The minimum Gasteiger partial charge on any atom is -0.507 e. The number of phenols is 1. The molecule has 6 heteroatoms. The molecule has 0 amide bonds. The number of nitrogens with one attached hydrogen (secondary N) is 1. The largest absolute Gasteiger partial charge is 0.507 e. The quantitative estimate of drug-likeness (QED) is 0.551. The van der Waals surface area contributed by atoms with Crippen LogP contribution in [0.25, 0.3) is 11.1 Å². The number of nitrogens with zero attached hydrogens (tertiary/aromatic N) is 2. The zero-order valence-electron chi connectivity index (χ0n) is 12.3. The summed E-state index contributed by atoms with van der Waals surface area (Å²) in [6.45, 7) is 1.91. The first-order valence-electron chi connectivity index (χ1n) is 6.92. The molecule has 23 heavy (non-hydrogen) atoms. The van der Waals surface area contributed by atoms with E-state index in [4.69, 9.17) is 0 Å². The summed E-state index contributed by atoms with van der Waals surface area (Å²) in [5.41, 5.74) is 6.05. The highest BCUT2D eigenvalue weighted by Crippen LogP contribution is 2.25. The Bertz CT molecular complexity index is 843. The number of rotatable bonds is 4. The summed E-state index contributed by atoms with van der Waals surface area (Å²) < 4.78 is 13.0. The second-order valence-corrected chi connectivity index (χ2v) is 5.80. The number of halogens is 1. The van der Waals surface area contributed by atoms with Gasteiger partial charge < -0.3 is 5.11 Å². The second-order valence-electron chi connectivity index (χ2n) is 4.94. The lowest BCUT2D eigenvalue weighted by molar-refractivity contribution is 0.474. The van der Waals surface area contributed by atoms with Crippen molar-refractivity contribution in [3.8, 4) is 16.9 Å². The minimum atomic E-state index is -0.280. The lowest BCUT2D eigenvalue weighted by atomic mass is 10.0. The molecule has 0 saturated heterocycles. The molecule has 0 unspecified atom stereocenters. The van der Waals surface area contributed by atoms with Crippen LogP contribution in [-0.2, 0) is 0 Å². The molecule has 0 bridgehead atoms. The van der Waals surface area contributed by atoms with Crippen molar-refractivity contribution >= 4 is 22.7 Å². The van der Waals surface area contributed by atoms with Crippen LogP contribution in [0.3, 0.4) is 0 Å². The van der Waals surface area contributed by atoms with Crippen molar-refractivity contribution < 1.29 is 9.50 Å². The van der Waals surface area contributed by atoms with Crippen LogP contribution in [-0.4, -0.2) is 16.3 Å². The Hall–Kier alpha value is -2.73. The van der Waals surface area contributed by atoms with Gasteiger partial charge in [0, 0.05) is 10.9 Å². The summed E-state index contributed by atoms with van der Waals surface area (Å²) in [5, 5.41) is 16.6. The number of aromatic hydroxyl groups is 1. The lowest BCUT2D eigenvalue weighted by Gasteiger charge is -2.05. The van der Waals surface area contributed by atoms with Crippen molar-refractivity contribution in [3.05, 3.63) is 64.9 Å². The van der Waals surface area contributed by atoms with Gasteiger partial charge in [-0.1, -0.05) is 18.2 Å². The predicted octanol–water partition coefficient (Wildman–Crippen LogP) is 4.41. The molecule has 2 aromatic carbocycles. The standard InChI is InChI=1S/C17H14FN3OS/c1-11-10-23-17(20-11)21-19-9-14-8-13(4-7-16(14)22)12-2-5-15(18)6-3-12/h2-10,22H,1H3,(H,20,21). The number of phenolic OH excluding ortho intramolecular Hbond substituents is 1. The summed E-state index contributed by atoms with van der Waals surface area (Å²) in [6.07, 6.45) is 1.53. The van der Waals surface area contributed by atoms with Gasteiger partial charge >= 0.3 is 0 Å². The topological polar surface area (TPSA) is 57.5 Å². The molecule has 4 nitrogen and oxygen atoms in total. The monoisotopic (exact) mass is 327 g/mol. The van der Waals surface area contributed by atoms with E-state index in [0.717, 1.165) is 16.8 Å². The molecular weight excluding hydrogens is 313 g/mol. The molecule has 0 aliphatic carbocycles. The van der Waals surface area contributed by atoms with E-state index in [-0.39, 0.29) is 11.6 Å². The Kier molecular flexibility index (Phi) is 4.34. The van der Waals surface area contributed by atoms with Gasteiger partial charge in [0.05, 0.1) is 11.9 Å². The molecule has 0 aliphatic rings. The second kappa shape index (κ2) is 6.58. The van der Waals surface area contributed by atoms with E-state index in [2.05, 4.69) is 15.5 Å². The number of anilines is 1. The summed E-state index contributed by atoms with van der Waals surface area (Å²) >= 11 is 1.46. The van der Waals surface area contributed by atoms with Crippen LogP contribution in [0, 0.1) is 12.7 Å². The van der Waals surface area contributed by atoms with E-state index < -0.39 is 0 Å². The molecule has 0 fully saturated rings. The van der Waals surface area contributed by atoms with Crippen molar-refractivity contribution in [2.45, 2.75) is 6.92 Å². The van der Waals surface area contributed by atoms with Gasteiger partial charge in [-0.15, -0.1) is 11.3 Å². The maximum atomic E-state index is 13.0. The van der Waals surface area contributed by atoms with Gasteiger partial charge in [0.15, 0.2) is 0 Å². The van der Waals surface area contributed by atoms with Crippen molar-refractivity contribution in [1.82, 2.24) is 4.98 Å². The molecule has 1 aromatic heterocycles. The molecular formula is C17H14FN3OS. The number of aromatic nitrogens is 1. The summed E-state index contributed by atoms with van der Waals surface area (Å²) in [7, 11) is 0. The third-order valence-corrected chi connectivity index (χ3v) is 4.05. The summed E-state index contributed by atoms with van der Waals surface area (Å²) in [5.74, 6) is -0.158. The Labute approximate surface area is 137 Å². The summed E-state index contributed by atoms with van der Waals surface area (Å²) in [6, 6.07) is 11.4. The molecule has 0 radical (unpaired) electrons. The van der Waals surface area contributed by atoms with E-state index in [0.29, 0.717) is 10.7 Å². The molecule has 0 saturated carbocycles. The first-order chi connectivity index (χ1) is 11.1. The molecule has 0 aliphatic heterocycles. The number of benzene rings is 2. The first-order valence-corrected chi connectivity index (χ1v) is 7.80. The Morgan fingerprint density at radius 2 is 1.91 bits per heavy atom. The fourth-order valence-electron chi connectivity index (χ4n) is 2.04. The normalized spacial score (nSPS) is 11.0. The van der Waals surface area contributed by atoms with Crippen LogP contribution in [0.4, 0.5) is 9.52 Å². The molecule has 2 N–H and O–H groups in total.